The second-order valence-electron chi connectivity index (χ2n) is 4.66. The van der Waals surface area contributed by atoms with E-state index >= 15 is 0 Å². The Morgan fingerprint density at radius 1 is 1.29 bits per heavy atom. The summed E-state index contributed by atoms with van der Waals surface area (Å²) in [6, 6.07) is 11.4. The van der Waals surface area contributed by atoms with Crippen molar-refractivity contribution in [3.05, 3.63) is 59.4 Å². The third-order valence-corrected chi connectivity index (χ3v) is 2.88. The summed E-state index contributed by atoms with van der Waals surface area (Å²) in [6.07, 6.45) is 0. The van der Waals surface area contributed by atoms with Crippen LogP contribution in [0.2, 0.25) is 0 Å². The highest BCUT2D eigenvalue weighted by molar-refractivity contribution is 5.94. The average molecular weight is 288 g/mol. The number of halogens is 1. The fourth-order valence-electron chi connectivity index (χ4n) is 1.85. The third-order valence-electron chi connectivity index (χ3n) is 2.88. The summed E-state index contributed by atoms with van der Waals surface area (Å²) in [5.41, 5.74) is 7.11. The van der Waals surface area contributed by atoms with Gasteiger partial charge in [-0.1, -0.05) is 17.7 Å². The molecule has 4 nitrogen and oxygen atoms in total. The minimum atomic E-state index is -0.533. The van der Waals surface area contributed by atoms with Crippen molar-refractivity contribution in [2.24, 2.45) is 0 Å². The van der Waals surface area contributed by atoms with Gasteiger partial charge in [0.1, 0.15) is 18.2 Å². The van der Waals surface area contributed by atoms with E-state index in [4.69, 9.17) is 10.5 Å². The number of aryl methyl sites for hydroxylation is 1. The Balaban J connectivity index is 1.83. The molecule has 3 N–H and O–H groups in total. The van der Waals surface area contributed by atoms with Gasteiger partial charge in [-0.3, -0.25) is 4.79 Å². The summed E-state index contributed by atoms with van der Waals surface area (Å²) in [5.74, 6) is -0.354. The molecule has 0 spiro atoms. The highest BCUT2D eigenvalue weighted by Crippen LogP contribution is 2.14. The van der Waals surface area contributed by atoms with Crippen LogP contribution in [-0.4, -0.2) is 19.1 Å². The van der Waals surface area contributed by atoms with Crippen molar-refractivity contribution in [2.75, 3.05) is 18.9 Å². The molecule has 0 aliphatic rings. The van der Waals surface area contributed by atoms with Crippen molar-refractivity contribution in [1.29, 1.82) is 0 Å². The van der Waals surface area contributed by atoms with E-state index in [-0.39, 0.29) is 18.7 Å². The summed E-state index contributed by atoms with van der Waals surface area (Å²) < 4.78 is 19.0. The van der Waals surface area contributed by atoms with Gasteiger partial charge in [0.25, 0.3) is 5.91 Å². The number of carbonyl (C=O) groups excluding carboxylic acids is 1. The number of anilines is 1. The number of nitrogens with two attached hydrogens (primary N) is 1. The van der Waals surface area contributed by atoms with Crippen LogP contribution in [0.5, 0.6) is 5.75 Å². The van der Waals surface area contributed by atoms with Crippen LogP contribution in [0, 0.1) is 12.7 Å². The second kappa shape index (κ2) is 6.74. The Morgan fingerprint density at radius 2 is 2.10 bits per heavy atom. The first-order chi connectivity index (χ1) is 10.1. The predicted octanol–water partition coefficient (Wildman–Crippen LogP) is 2.53. The average Bonchev–Trinajstić information content (AvgIpc) is 2.46. The second-order valence-corrected chi connectivity index (χ2v) is 4.66. The molecule has 0 unspecified atom stereocenters. The number of benzene rings is 2. The van der Waals surface area contributed by atoms with Crippen LogP contribution in [0.3, 0.4) is 0 Å². The molecular weight excluding hydrogens is 271 g/mol. The van der Waals surface area contributed by atoms with E-state index in [1.54, 1.807) is 37.3 Å². The Hall–Kier alpha value is -2.56. The van der Waals surface area contributed by atoms with E-state index in [0.29, 0.717) is 11.4 Å². The molecule has 2 aromatic rings. The maximum Gasteiger partial charge on any atom is 0.254 e. The standard InChI is InChI=1S/C16H17FN2O2/c1-11-5-6-15(17)14(9-11)16(20)19-7-8-21-13-4-2-3-12(18)10-13/h2-6,9-10H,7-8,18H2,1H3,(H,19,20). The van der Waals surface area contributed by atoms with E-state index in [2.05, 4.69) is 5.32 Å². The van der Waals surface area contributed by atoms with E-state index < -0.39 is 11.7 Å². The van der Waals surface area contributed by atoms with E-state index in [1.807, 2.05) is 0 Å². The molecule has 0 radical (unpaired) electrons. The van der Waals surface area contributed by atoms with Gasteiger partial charge in [0.2, 0.25) is 0 Å². The Kier molecular flexibility index (Phi) is 4.77. The molecule has 0 heterocycles. The first kappa shape index (κ1) is 14.8. The molecule has 0 atom stereocenters. The van der Waals surface area contributed by atoms with Gasteiger partial charge in [-0.2, -0.15) is 0 Å². The SMILES string of the molecule is Cc1ccc(F)c(C(=O)NCCOc2cccc(N)c2)c1. The van der Waals surface area contributed by atoms with Crippen molar-refractivity contribution in [1.82, 2.24) is 5.32 Å². The lowest BCUT2D eigenvalue weighted by Crippen LogP contribution is -2.28. The highest BCUT2D eigenvalue weighted by Gasteiger charge is 2.11. The van der Waals surface area contributed by atoms with E-state index in [9.17, 15) is 9.18 Å². The van der Waals surface area contributed by atoms with Crippen LogP contribution in [-0.2, 0) is 0 Å². The van der Waals surface area contributed by atoms with Crippen LogP contribution in [0.25, 0.3) is 0 Å². The third kappa shape index (κ3) is 4.21. The number of rotatable bonds is 5. The lowest BCUT2D eigenvalue weighted by atomic mass is 10.1. The molecule has 0 saturated heterocycles. The van der Waals surface area contributed by atoms with Gasteiger partial charge in [-0.25, -0.2) is 4.39 Å². The molecule has 2 aromatic carbocycles. The largest absolute Gasteiger partial charge is 0.492 e. The summed E-state index contributed by atoms with van der Waals surface area (Å²) in [5, 5.41) is 2.62. The molecule has 21 heavy (non-hydrogen) atoms. The Bertz CT molecular complexity index is 644. The van der Waals surface area contributed by atoms with Crippen molar-refractivity contribution in [3.8, 4) is 5.75 Å². The van der Waals surface area contributed by atoms with Gasteiger partial charge >= 0.3 is 0 Å². The number of hydrogen-bond acceptors (Lipinski definition) is 3. The summed E-state index contributed by atoms with van der Waals surface area (Å²) in [4.78, 5) is 11.9. The van der Waals surface area contributed by atoms with Crippen molar-refractivity contribution < 1.29 is 13.9 Å². The first-order valence-corrected chi connectivity index (χ1v) is 6.59. The van der Waals surface area contributed by atoms with Crippen LogP contribution in [0.1, 0.15) is 15.9 Å². The Labute approximate surface area is 122 Å². The summed E-state index contributed by atoms with van der Waals surface area (Å²) in [6.45, 7) is 2.36. The van der Waals surface area contributed by atoms with Crippen LogP contribution < -0.4 is 15.8 Å². The summed E-state index contributed by atoms with van der Waals surface area (Å²) in [7, 11) is 0. The van der Waals surface area contributed by atoms with Crippen LogP contribution >= 0.6 is 0 Å². The molecule has 1 amide bonds. The molecule has 0 aromatic heterocycles. The monoisotopic (exact) mass is 288 g/mol. The number of nitrogen functional groups attached to an aromatic ring is 1. The van der Waals surface area contributed by atoms with Gasteiger partial charge in [0.05, 0.1) is 12.1 Å². The molecule has 0 aliphatic heterocycles. The van der Waals surface area contributed by atoms with Gasteiger partial charge in [0, 0.05) is 11.8 Å². The van der Waals surface area contributed by atoms with Gasteiger partial charge < -0.3 is 15.8 Å². The van der Waals surface area contributed by atoms with E-state index in [0.717, 1.165) is 5.56 Å². The van der Waals surface area contributed by atoms with Gasteiger partial charge in [-0.05, 0) is 31.2 Å². The first-order valence-electron chi connectivity index (χ1n) is 6.59. The normalized spacial score (nSPS) is 10.2. The molecule has 2 rings (SSSR count). The number of nitrogens with one attached hydrogen (secondary N) is 1. The fourth-order valence-corrected chi connectivity index (χ4v) is 1.85. The zero-order chi connectivity index (χ0) is 15.2. The lowest BCUT2D eigenvalue weighted by molar-refractivity contribution is 0.0943. The lowest BCUT2D eigenvalue weighted by Gasteiger charge is -2.09. The zero-order valence-corrected chi connectivity index (χ0v) is 11.7. The molecule has 0 saturated carbocycles. The quantitative estimate of drug-likeness (QED) is 0.656. The van der Waals surface area contributed by atoms with Crippen molar-refractivity contribution in [3.63, 3.8) is 0 Å². The minimum absolute atomic E-state index is 0.0407. The maximum atomic E-state index is 13.5. The number of carbonyl (C=O) groups is 1. The van der Waals surface area contributed by atoms with Gasteiger partial charge in [-0.15, -0.1) is 0 Å². The van der Waals surface area contributed by atoms with Gasteiger partial charge in [0.15, 0.2) is 0 Å². The van der Waals surface area contributed by atoms with Crippen molar-refractivity contribution in [2.45, 2.75) is 6.92 Å². The predicted molar refractivity (Wildman–Crippen MR) is 79.8 cm³/mol. The van der Waals surface area contributed by atoms with Crippen molar-refractivity contribution >= 4 is 11.6 Å². The zero-order valence-electron chi connectivity index (χ0n) is 11.7. The molecule has 5 heteroatoms. The smallest absolute Gasteiger partial charge is 0.254 e. The highest BCUT2D eigenvalue weighted by atomic mass is 19.1. The number of ether oxygens (including phenoxy) is 1. The molecule has 0 fully saturated rings. The number of amides is 1. The van der Waals surface area contributed by atoms with Crippen LogP contribution in [0.15, 0.2) is 42.5 Å². The van der Waals surface area contributed by atoms with Crippen LogP contribution in [0.4, 0.5) is 10.1 Å². The fraction of sp³-hybridized carbons (Fsp3) is 0.188. The van der Waals surface area contributed by atoms with E-state index in [1.165, 1.54) is 12.1 Å². The molecule has 0 aliphatic carbocycles. The molecule has 0 bridgehead atoms. The minimum Gasteiger partial charge on any atom is -0.492 e. The Morgan fingerprint density at radius 3 is 2.86 bits per heavy atom. The topological polar surface area (TPSA) is 64.3 Å². The maximum absolute atomic E-state index is 13.5. The number of hydrogen-bond donors (Lipinski definition) is 2. The summed E-state index contributed by atoms with van der Waals surface area (Å²) >= 11 is 0. The molecule has 110 valence electrons. The molecular formula is C16H17FN2O2.